The molecule has 0 aliphatic carbocycles. The summed E-state index contributed by atoms with van der Waals surface area (Å²) in [5, 5.41) is 0.315. The van der Waals surface area contributed by atoms with Crippen LogP contribution >= 0.6 is 11.6 Å². The Morgan fingerprint density at radius 3 is 2.20 bits per heavy atom. The van der Waals surface area contributed by atoms with E-state index in [2.05, 4.69) is 9.71 Å². The lowest BCUT2D eigenvalue weighted by Gasteiger charge is -2.13. The molecule has 2 rings (SSSR count). The fourth-order valence-corrected chi connectivity index (χ4v) is 3.84. The summed E-state index contributed by atoms with van der Waals surface area (Å²) < 4.78 is 27.4. The van der Waals surface area contributed by atoms with Crippen LogP contribution in [0.3, 0.4) is 0 Å². The SMILES string of the molecule is Cc1cc(C)c(S(=O)(=O)Nc2ccc(Cl)nc2)c(C)c1. The maximum Gasteiger partial charge on any atom is 0.262 e. The second kappa shape index (κ2) is 5.42. The molecule has 1 heterocycles. The fourth-order valence-electron chi connectivity index (χ4n) is 2.23. The molecule has 0 spiro atoms. The third kappa shape index (κ3) is 3.11. The zero-order chi connectivity index (χ0) is 14.9. The van der Waals surface area contributed by atoms with Gasteiger partial charge >= 0.3 is 0 Å². The normalized spacial score (nSPS) is 11.4. The summed E-state index contributed by atoms with van der Waals surface area (Å²) in [4.78, 5) is 4.16. The van der Waals surface area contributed by atoms with Crippen molar-refractivity contribution in [1.82, 2.24) is 4.98 Å². The number of halogens is 1. The molecule has 0 aliphatic rings. The molecule has 0 bridgehead atoms. The minimum Gasteiger partial charge on any atom is -0.278 e. The number of hydrogen-bond donors (Lipinski definition) is 1. The quantitative estimate of drug-likeness (QED) is 0.883. The lowest BCUT2D eigenvalue weighted by atomic mass is 10.1. The van der Waals surface area contributed by atoms with Gasteiger partial charge in [-0.05, 0) is 44.0 Å². The summed E-state index contributed by atoms with van der Waals surface area (Å²) >= 11 is 5.68. The summed E-state index contributed by atoms with van der Waals surface area (Å²) in [5.41, 5.74) is 2.86. The second-order valence-corrected chi connectivity index (χ2v) is 6.71. The van der Waals surface area contributed by atoms with E-state index in [-0.39, 0.29) is 0 Å². The summed E-state index contributed by atoms with van der Waals surface area (Å²) in [5.74, 6) is 0. The summed E-state index contributed by atoms with van der Waals surface area (Å²) in [7, 11) is -3.64. The monoisotopic (exact) mass is 310 g/mol. The van der Waals surface area contributed by atoms with Crippen molar-refractivity contribution in [3.05, 3.63) is 52.3 Å². The molecule has 1 aromatic heterocycles. The van der Waals surface area contributed by atoms with E-state index in [0.717, 1.165) is 16.7 Å². The molecule has 0 aliphatic heterocycles. The van der Waals surface area contributed by atoms with Crippen molar-refractivity contribution in [2.45, 2.75) is 25.7 Å². The van der Waals surface area contributed by atoms with Crippen molar-refractivity contribution >= 4 is 27.3 Å². The molecule has 0 saturated carbocycles. The molecule has 2 aromatic rings. The molecule has 0 unspecified atom stereocenters. The number of aryl methyl sites for hydroxylation is 3. The lowest BCUT2D eigenvalue weighted by molar-refractivity contribution is 0.600. The molecule has 106 valence electrons. The minimum absolute atomic E-state index is 0.304. The third-order valence-corrected chi connectivity index (χ3v) is 4.76. The van der Waals surface area contributed by atoms with E-state index in [1.165, 1.54) is 12.3 Å². The number of pyridine rings is 1. The first-order valence-corrected chi connectivity index (χ1v) is 7.88. The average molecular weight is 311 g/mol. The predicted molar refractivity (Wildman–Crippen MR) is 80.7 cm³/mol. The first kappa shape index (κ1) is 14.8. The maximum absolute atomic E-state index is 12.5. The molecule has 1 N–H and O–H groups in total. The highest BCUT2D eigenvalue weighted by molar-refractivity contribution is 7.92. The fraction of sp³-hybridized carbons (Fsp3) is 0.214. The highest BCUT2D eigenvalue weighted by Crippen LogP contribution is 2.24. The number of benzene rings is 1. The molecular weight excluding hydrogens is 296 g/mol. The molecule has 20 heavy (non-hydrogen) atoms. The molecule has 0 amide bonds. The van der Waals surface area contributed by atoms with Crippen LogP contribution < -0.4 is 4.72 Å². The molecule has 6 heteroatoms. The Hall–Kier alpha value is -1.59. The molecule has 0 saturated heterocycles. The van der Waals surface area contributed by atoms with E-state index in [1.54, 1.807) is 19.9 Å². The van der Waals surface area contributed by atoms with Crippen LogP contribution in [0.2, 0.25) is 5.15 Å². The average Bonchev–Trinajstić information content (AvgIpc) is 2.30. The van der Waals surface area contributed by atoms with Crippen LogP contribution in [0.1, 0.15) is 16.7 Å². The summed E-state index contributed by atoms with van der Waals surface area (Å²) in [6.45, 7) is 5.51. The number of sulfonamides is 1. The van der Waals surface area contributed by atoms with Crippen molar-refractivity contribution in [2.24, 2.45) is 0 Å². The van der Waals surface area contributed by atoms with Crippen LogP contribution in [0.15, 0.2) is 35.4 Å². The van der Waals surface area contributed by atoms with Crippen molar-refractivity contribution in [2.75, 3.05) is 4.72 Å². The lowest BCUT2D eigenvalue weighted by Crippen LogP contribution is -2.16. The van der Waals surface area contributed by atoms with Gasteiger partial charge in [0.25, 0.3) is 10.0 Å². The van der Waals surface area contributed by atoms with Crippen LogP contribution in [0, 0.1) is 20.8 Å². The molecule has 0 atom stereocenters. The Balaban J connectivity index is 2.43. The van der Waals surface area contributed by atoms with E-state index in [1.807, 2.05) is 19.1 Å². The van der Waals surface area contributed by atoms with Crippen LogP contribution in [0.25, 0.3) is 0 Å². The Morgan fingerprint density at radius 2 is 1.70 bits per heavy atom. The van der Waals surface area contributed by atoms with E-state index in [4.69, 9.17) is 11.6 Å². The molecule has 0 fully saturated rings. The number of nitrogens with one attached hydrogen (secondary N) is 1. The first-order valence-electron chi connectivity index (χ1n) is 6.02. The van der Waals surface area contributed by atoms with Crippen molar-refractivity contribution < 1.29 is 8.42 Å². The number of hydrogen-bond acceptors (Lipinski definition) is 3. The van der Waals surface area contributed by atoms with Crippen LogP contribution in [0.4, 0.5) is 5.69 Å². The van der Waals surface area contributed by atoms with Gasteiger partial charge in [-0.3, -0.25) is 4.72 Å². The Labute approximate surface area is 123 Å². The predicted octanol–water partition coefficient (Wildman–Crippen LogP) is 3.46. The van der Waals surface area contributed by atoms with Gasteiger partial charge in [0, 0.05) is 0 Å². The zero-order valence-electron chi connectivity index (χ0n) is 11.4. The molecule has 0 radical (unpaired) electrons. The highest BCUT2D eigenvalue weighted by atomic mass is 35.5. The second-order valence-electron chi connectivity index (χ2n) is 4.70. The Kier molecular flexibility index (Phi) is 4.01. The Morgan fingerprint density at radius 1 is 1.10 bits per heavy atom. The van der Waals surface area contributed by atoms with Crippen LogP contribution in [0.5, 0.6) is 0 Å². The van der Waals surface area contributed by atoms with E-state index in [0.29, 0.717) is 15.7 Å². The molecular formula is C14H15ClN2O2S. The summed E-state index contributed by atoms with van der Waals surface area (Å²) in [6, 6.07) is 6.81. The van der Waals surface area contributed by atoms with Gasteiger partial charge in [-0.1, -0.05) is 29.3 Å². The zero-order valence-corrected chi connectivity index (χ0v) is 13.0. The van der Waals surface area contributed by atoms with Gasteiger partial charge < -0.3 is 0 Å². The van der Waals surface area contributed by atoms with Crippen molar-refractivity contribution in [3.8, 4) is 0 Å². The molecule has 4 nitrogen and oxygen atoms in total. The number of rotatable bonds is 3. The van der Waals surface area contributed by atoms with Crippen LogP contribution in [-0.2, 0) is 10.0 Å². The number of aromatic nitrogens is 1. The third-order valence-electron chi connectivity index (χ3n) is 2.85. The van der Waals surface area contributed by atoms with E-state index >= 15 is 0 Å². The van der Waals surface area contributed by atoms with Crippen LogP contribution in [-0.4, -0.2) is 13.4 Å². The topological polar surface area (TPSA) is 59.1 Å². The molecule has 1 aromatic carbocycles. The standard InChI is InChI=1S/C14H15ClN2O2S/c1-9-6-10(2)14(11(3)7-9)20(18,19)17-12-4-5-13(15)16-8-12/h4-8,17H,1-3H3. The van der Waals surface area contributed by atoms with Gasteiger partial charge in [-0.15, -0.1) is 0 Å². The van der Waals surface area contributed by atoms with Gasteiger partial charge in [0.1, 0.15) is 5.15 Å². The van der Waals surface area contributed by atoms with E-state index < -0.39 is 10.0 Å². The van der Waals surface area contributed by atoms with Crippen molar-refractivity contribution in [3.63, 3.8) is 0 Å². The van der Waals surface area contributed by atoms with Gasteiger partial charge in [-0.25, -0.2) is 13.4 Å². The van der Waals surface area contributed by atoms with Gasteiger partial charge in [0.15, 0.2) is 0 Å². The van der Waals surface area contributed by atoms with E-state index in [9.17, 15) is 8.42 Å². The van der Waals surface area contributed by atoms with Gasteiger partial charge in [-0.2, -0.15) is 0 Å². The number of nitrogens with zero attached hydrogens (tertiary/aromatic N) is 1. The highest BCUT2D eigenvalue weighted by Gasteiger charge is 2.20. The number of anilines is 1. The Bertz CT molecular complexity index is 717. The van der Waals surface area contributed by atoms with Crippen molar-refractivity contribution in [1.29, 1.82) is 0 Å². The van der Waals surface area contributed by atoms with Gasteiger partial charge in [0.2, 0.25) is 0 Å². The minimum atomic E-state index is -3.64. The van der Waals surface area contributed by atoms with Gasteiger partial charge in [0.05, 0.1) is 16.8 Å². The maximum atomic E-state index is 12.5. The summed E-state index contributed by atoms with van der Waals surface area (Å²) in [6.07, 6.45) is 1.39. The smallest absolute Gasteiger partial charge is 0.262 e. The first-order chi connectivity index (χ1) is 9.29. The largest absolute Gasteiger partial charge is 0.278 e.